The van der Waals surface area contributed by atoms with Gasteiger partial charge in [-0.25, -0.2) is 0 Å². The zero-order valence-electron chi connectivity index (χ0n) is 14.7. The highest BCUT2D eigenvalue weighted by atomic mass is 16.2. The van der Waals surface area contributed by atoms with Gasteiger partial charge in [0.2, 0.25) is 11.8 Å². The average Bonchev–Trinajstić information content (AvgIpc) is 2.49. The van der Waals surface area contributed by atoms with Crippen molar-refractivity contribution in [3.8, 4) is 0 Å². The second-order valence-electron chi connectivity index (χ2n) is 6.24. The van der Waals surface area contributed by atoms with E-state index in [2.05, 4.69) is 19.2 Å². The summed E-state index contributed by atoms with van der Waals surface area (Å²) < 4.78 is 0. The molecular formula is C18H36N2O2. The lowest BCUT2D eigenvalue weighted by molar-refractivity contribution is -0.127. The van der Waals surface area contributed by atoms with E-state index >= 15 is 0 Å². The van der Waals surface area contributed by atoms with Crippen LogP contribution in [-0.2, 0) is 9.59 Å². The van der Waals surface area contributed by atoms with Crippen molar-refractivity contribution in [3.63, 3.8) is 0 Å². The SMILES string of the molecule is CCCCCCCCC(=O)NC(CCCCCCC)C(N)=O. The number of nitrogens with one attached hydrogen (secondary N) is 1. The lowest BCUT2D eigenvalue weighted by Crippen LogP contribution is -2.44. The van der Waals surface area contributed by atoms with Crippen LogP contribution in [0.15, 0.2) is 0 Å². The number of hydrogen-bond donors (Lipinski definition) is 2. The molecule has 0 aliphatic heterocycles. The molecule has 0 aromatic heterocycles. The molecule has 22 heavy (non-hydrogen) atoms. The van der Waals surface area contributed by atoms with Gasteiger partial charge in [-0.3, -0.25) is 9.59 Å². The van der Waals surface area contributed by atoms with Crippen LogP contribution >= 0.6 is 0 Å². The van der Waals surface area contributed by atoms with E-state index in [1.54, 1.807) is 0 Å². The van der Waals surface area contributed by atoms with E-state index in [1.165, 1.54) is 44.9 Å². The van der Waals surface area contributed by atoms with Gasteiger partial charge in [0.15, 0.2) is 0 Å². The third kappa shape index (κ3) is 12.7. The predicted octanol–water partition coefficient (Wildman–Crippen LogP) is 4.07. The Bertz CT molecular complexity index is 293. The Labute approximate surface area is 136 Å². The zero-order valence-corrected chi connectivity index (χ0v) is 14.7. The topological polar surface area (TPSA) is 72.2 Å². The minimum absolute atomic E-state index is 0.0344. The van der Waals surface area contributed by atoms with Crippen molar-refractivity contribution in [3.05, 3.63) is 0 Å². The van der Waals surface area contributed by atoms with Crippen LogP contribution in [-0.4, -0.2) is 17.9 Å². The smallest absolute Gasteiger partial charge is 0.239 e. The van der Waals surface area contributed by atoms with Gasteiger partial charge < -0.3 is 11.1 Å². The summed E-state index contributed by atoms with van der Waals surface area (Å²) in [7, 11) is 0. The van der Waals surface area contributed by atoms with Crippen molar-refractivity contribution in [2.24, 2.45) is 5.73 Å². The second-order valence-corrected chi connectivity index (χ2v) is 6.24. The van der Waals surface area contributed by atoms with E-state index < -0.39 is 11.9 Å². The van der Waals surface area contributed by atoms with Crippen LogP contribution < -0.4 is 11.1 Å². The highest BCUT2D eigenvalue weighted by Crippen LogP contribution is 2.09. The molecule has 0 radical (unpaired) electrons. The van der Waals surface area contributed by atoms with E-state index in [4.69, 9.17) is 5.73 Å². The number of rotatable bonds is 15. The highest BCUT2D eigenvalue weighted by molar-refractivity contribution is 5.86. The Morgan fingerprint density at radius 2 is 1.32 bits per heavy atom. The van der Waals surface area contributed by atoms with Crippen molar-refractivity contribution in [2.45, 2.75) is 103 Å². The molecule has 1 unspecified atom stereocenters. The first-order valence-corrected chi connectivity index (χ1v) is 9.20. The van der Waals surface area contributed by atoms with Crippen LogP contribution in [0.3, 0.4) is 0 Å². The maximum absolute atomic E-state index is 11.9. The monoisotopic (exact) mass is 312 g/mol. The number of carbonyl (C=O) groups is 2. The summed E-state index contributed by atoms with van der Waals surface area (Å²) in [4.78, 5) is 23.3. The lowest BCUT2D eigenvalue weighted by Gasteiger charge is -2.15. The maximum atomic E-state index is 11.9. The average molecular weight is 312 g/mol. The Morgan fingerprint density at radius 3 is 1.86 bits per heavy atom. The molecule has 0 saturated carbocycles. The second kappa shape index (κ2) is 14.9. The molecule has 0 aromatic carbocycles. The number of primary amides is 1. The molecule has 0 fully saturated rings. The first kappa shape index (κ1) is 20.9. The molecule has 0 aliphatic rings. The first-order valence-electron chi connectivity index (χ1n) is 9.20. The summed E-state index contributed by atoms with van der Waals surface area (Å²) in [5, 5.41) is 2.80. The molecule has 4 nitrogen and oxygen atoms in total. The molecule has 0 saturated heterocycles. The maximum Gasteiger partial charge on any atom is 0.239 e. The summed E-state index contributed by atoms with van der Waals surface area (Å²) in [6.45, 7) is 4.37. The van der Waals surface area contributed by atoms with E-state index in [-0.39, 0.29) is 5.91 Å². The fourth-order valence-corrected chi connectivity index (χ4v) is 2.57. The predicted molar refractivity (Wildman–Crippen MR) is 92.5 cm³/mol. The van der Waals surface area contributed by atoms with Crippen LogP contribution in [0.1, 0.15) is 97.3 Å². The van der Waals surface area contributed by atoms with Crippen molar-refractivity contribution in [1.82, 2.24) is 5.32 Å². The van der Waals surface area contributed by atoms with Crippen LogP contribution in [0.2, 0.25) is 0 Å². The number of amides is 2. The summed E-state index contributed by atoms with van der Waals surface area (Å²) in [6, 6.07) is -0.491. The molecule has 2 amide bonds. The Hall–Kier alpha value is -1.06. The van der Waals surface area contributed by atoms with Gasteiger partial charge in [-0.05, 0) is 12.8 Å². The third-order valence-corrected chi connectivity index (χ3v) is 4.03. The summed E-state index contributed by atoms with van der Waals surface area (Å²) in [5.41, 5.74) is 5.38. The normalized spacial score (nSPS) is 12.1. The van der Waals surface area contributed by atoms with E-state index in [0.717, 1.165) is 25.7 Å². The standard InChI is InChI=1S/C18H36N2O2/c1-3-5-7-9-11-13-15-17(21)20-16(18(19)22)14-12-10-8-6-4-2/h16H,3-15H2,1-2H3,(H2,19,22)(H,20,21). The molecule has 0 heterocycles. The van der Waals surface area contributed by atoms with E-state index in [0.29, 0.717) is 12.8 Å². The lowest BCUT2D eigenvalue weighted by atomic mass is 10.1. The van der Waals surface area contributed by atoms with Crippen LogP contribution in [0.4, 0.5) is 0 Å². The van der Waals surface area contributed by atoms with Gasteiger partial charge in [0, 0.05) is 6.42 Å². The van der Waals surface area contributed by atoms with Gasteiger partial charge in [0.1, 0.15) is 6.04 Å². The van der Waals surface area contributed by atoms with Crippen molar-refractivity contribution < 1.29 is 9.59 Å². The summed E-state index contributed by atoms with van der Waals surface area (Å²) in [5.74, 6) is -0.445. The van der Waals surface area contributed by atoms with Crippen molar-refractivity contribution in [1.29, 1.82) is 0 Å². The van der Waals surface area contributed by atoms with Crippen molar-refractivity contribution >= 4 is 11.8 Å². The van der Waals surface area contributed by atoms with Gasteiger partial charge in [0.05, 0.1) is 0 Å². The molecule has 3 N–H and O–H groups in total. The van der Waals surface area contributed by atoms with Crippen LogP contribution in [0, 0.1) is 0 Å². The Balaban J connectivity index is 3.77. The summed E-state index contributed by atoms with van der Waals surface area (Å²) in [6.07, 6.45) is 13.8. The molecule has 0 aromatic rings. The van der Waals surface area contributed by atoms with E-state index in [9.17, 15) is 9.59 Å². The Kier molecular flexibility index (Phi) is 14.1. The molecule has 0 spiro atoms. The molecule has 4 heteroatoms. The summed E-state index contributed by atoms with van der Waals surface area (Å²) >= 11 is 0. The van der Waals surface area contributed by atoms with Gasteiger partial charge >= 0.3 is 0 Å². The van der Waals surface area contributed by atoms with Gasteiger partial charge in [0.25, 0.3) is 0 Å². The fraction of sp³-hybridized carbons (Fsp3) is 0.889. The third-order valence-electron chi connectivity index (χ3n) is 4.03. The van der Waals surface area contributed by atoms with Crippen LogP contribution in [0.5, 0.6) is 0 Å². The number of unbranched alkanes of at least 4 members (excludes halogenated alkanes) is 9. The highest BCUT2D eigenvalue weighted by Gasteiger charge is 2.17. The van der Waals surface area contributed by atoms with Crippen molar-refractivity contribution in [2.75, 3.05) is 0 Å². The largest absolute Gasteiger partial charge is 0.368 e. The van der Waals surface area contributed by atoms with Crippen LogP contribution in [0.25, 0.3) is 0 Å². The zero-order chi connectivity index (χ0) is 16.6. The first-order chi connectivity index (χ1) is 10.6. The van der Waals surface area contributed by atoms with Gasteiger partial charge in [-0.15, -0.1) is 0 Å². The quantitative estimate of drug-likeness (QED) is 0.447. The minimum atomic E-state index is -0.491. The van der Waals surface area contributed by atoms with Gasteiger partial charge in [-0.2, -0.15) is 0 Å². The number of hydrogen-bond acceptors (Lipinski definition) is 2. The Morgan fingerprint density at radius 1 is 0.818 bits per heavy atom. The molecule has 1 atom stereocenters. The minimum Gasteiger partial charge on any atom is -0.368 e. The van der Waals surface area contributed by atoms with Gasteiger partial charge in [-0.1, -0.05) is 78.1 Å². The molecule has 0 rings (SSSR count). The molecule has 0 aliphatic carbocycles. The van der Waals surface area contributed by atoms with E-state index in [1.807, 2.05) is 0 Å². The fourth-order valence-electron chi connectivity index (χ4n) is 2.57. The number of nitrogens with two attached hydrogens (primary N) is 1. The molecule has 0 bridgehead atoms. The molecule has 130 valence electrons. The molecular weight excluding hydrogens is 276 g/mol. The number of carbonyl (C=O) groups excluding carboxylic acids is 2.